The minimum absolute atomic E-state index is 0.249. The average molecular weight is 270 g/mol. The molecule has 0 aliphatic heterocycles. The summed E-state index contributed by atoms with van der Waals surface area (Å²) in [5.74, 6) is -0.484. The molecule has 0 saturated heterocycles. The van der Waals surface area contributed by atoms with E-state index in [4.69, 9.17) is 0 Å². The van der Waals surface area contributed by atoms with Crippen LogP contribution in [-0.2, 0) is 0 Å². The van der Waals surface area contributed by atoms with E-state index in [1.165, 1.54) is 0 Å². The maximum Gasteiger partial charge on any atom is 0.339 e. The van der Waals surface area contributed by atoms with Crippen LogP contribution in [0.3, 0.4) is 0 Å². The van der Waals surface area contributed by atoms with Gasteiger partial charge in [-0.3, -0.25) is 0 Å². The summed E-state index contributed by atoms with van der Waals surface area (Å²) in [6.07, 6.45) is 0. The molecule has 2 rings (SSSR count). The van der Waals surface area contributed by atoms with E-state index >= 15 is 0 Å². The summed E-state index contributed by atoms with van der Waals surface area (Å²) in [6.45, 7) is 5.68. The van der Waals surface area contributed by atoms with Gasteiger partial charge in [-0.15, -0.1) is 0 Å². The van der Waals surface area contributed by atoms with E-state index < -0.39 is 5.97 Å². The molecule has 0 bridgehead atoms. The molecule has 104 valence electrons. The van der Waals surface area contributed by atoms with Crippen LogP contribution in [0.5, 0.6) is 0 Å². The monoisotopic (exact) mass is 270 g/mol. The lowest BCUT2D eigenvalue weighted by Crippen LogP contribution is -2.17. The summed E-state index contributed by atoms with van der Waals surface area (Å²) in [4.78, 5) is 17.7. The first-order valence-electron chi connectivity index (χ1n) is 6.42. The number of benzene rings is 1. The Balaban J connectivity index is 2.56. The standard InChI is InChI=1S/C16H18N2O2/c1-10-5-7-13(8-6-10)18(4)15-14(16(19)20)11(2)9-12(3)17-15/h5-9H,1-4H3,(H,19,20). The molecule has 0 saturated carbocycles. The molecular formula is C16H18N2O2. The summed E-state index contributed by atoms with van der Waals surface area (Å²) >= 11 is 0. The predicted octanol–water partition coefficient (Wildman–Crippen LogP) is 3.47. The first-order chi connectivity index (χ1) is 9.40. The third-order valence-electron chi connectivity index (χ3n) is 3.28. The number of aromatic nitrogens is 1. The molecule has 1 heterocycles. The van der Waals surface area contributed by atoms with Crippen LogP contribution >= 0.6 is 0 Å². The first-order valence-corrected chi connectivity index (χ1v) is 6.42. The molecule has 0 spiro atoms. The van der Waals surface area contributed by atoms with Crippen molar-refractivity contribution < 1.29 is 9.90 Å². The van der Waals surface area contributed by atoms with Gasteiger partial charge in [0, 0.05) is 18.4 Å². The minimum atomic E-state index is -0.955. The topological polar surface area (TPSA) is 53.4 Å². The number of hydrogen-bond donors (Lipinski definition) is 1. The van der Waals surface area contributed by atoms with Crippen molar-refractivity contribution in [1.82, 2.24) is 4.98 Å². The molecule has 0 radical (unpaired) electrons. The number of pyridine rings is 1. The average Bonchev–Trinajstić information content (AvgIpc) is 2.37. The van der Waals surface area contributed by atoms with Crippen LogP contribution in [0.1, 0.15) is 27.2 Å². The van der Waals surface area contributed by atoms with Crippen molar-refractivity contribution in [2.24, 2.45) is 0 Å². The van der Waals surface area contributed by atoms with Gasteiger partial charge in [0.25, 0.3) is 0 Å². The molecule has 0 aliphatic carbocycles. The minimum Gasteiger partial charge on any atom is -0.478 e. The van der Waals surface area contributed by atoms with Gasteiger partial charge in [-0.05, 0) is 44.5 Å². The van der Waals surface area contributed by atoms with Crippen molar-refractivity contribution in [3.8, 4) is 0 Å². The summed E-state index contributed by atoms with van der Waals surface area (Å²) in [5.41, 5.74) is 3.85. The van der Waals surface area contributed by atoms with Crippen molar-refractivity contribution in [3.05, 3.63) is 52.7 Å². The maximum atomic E-state index is 11.5. The Labute approximate surface area is 118 Å². The quantitative estimate of drug-likeness (QED) is 0.927. The molecular weight excluding hydrogens is 252 g/mol. The lowest BCUT2D eigenvalue weighted by Gasteiger charge is -2.22. The zero-order valence-electron chi connectivity index (χ0n) is 12.1. The number of nitrogens with zero attached hydrogens (tertiary/aromatic N) is 2. The van der Waals surface area contributed by atoms with E-state index in [0.29, 0.717) is 5.82 Å². The van der Waals surface area contributed by atoms with E-state index in [2.05, 4.69) is 4.98 Å². The van der Waals surface area contributed by atoms with Crippen LogP contribution in [0.2, 0.25) is 0 Å². The highest BCUT2D eigenvalue weighted by Crippen LogP contribution is 2.28. The number of carbonyl (C=O) groups is 1. The second-order valence-corrected chi connectivity index (χ2v) is 4.98. The summed E-state index contributed by atoms with van der Waals surface area (Å²) < 4.78 is 0. The van der Waals surface area contributed by atoms with Gasteiger partial charge in [-0.25, -0.2) is 9.78 Å². The number of aryl methyl sites for hydroxylation is 3. The van der Waals surface area contributed by atoms with E-state index in [-0.39, 0.29) is 5.56 Å². The Morgan fingerprint density at radius 1 is 1.15 bits per heavy atom. The van der Waals surface area contributed by atoms with E-state index in [1.807, 2.05) is 50.1 Å². The van der Waals surface area contributed by atoms with E-state index in [0.717, 1.165) is 22.5 Å². The van der Waals surface area contributed by atoms with Crippen LogP contribution in [0.25, 0.3) is 0 Å². The zero-order chi connectivity index (χ0) is 14.9. The van der Waals surface area contributed by atoms with Gasteiger partial charge in [0.05, 0.1) is 0 Å². The largest absolute Gasteiger partial charge is 0.478 e. The van der Waals surface area contributed by atoms with Crippen LogP contribution < -0.4 is 4.90 Å². The van der Waals surface area contributed by atoms with Gasteiger partial charge in [0.1, 0.15) is 11.4 Å². The van der Waals surface area contributed by atoms with Crippen LogP contribution in [0, 0.1) is 20.8 Å². The summed E-state index contributed by atoms with van der Waals surface area (Å²) in [6, 6.07) is 9.69. The third-order valence-corrected chi connectivity index (χ3v) is 3.28. The zero-order valence-corrected chi connectivity index (χ0v) is 12.1. The van der Waals surface area contributed by atoms with E-state index in [9.17, 15) is 9.90 Å². The normalized spacial score (nSPS) is 10.4. The number of anilines is 2. The highest BCUT2D eigenvalue weighted by atomic mass is 16.4. The fourth-order valence-electron chi connectivity index (χ4n) is 2.21. The molecule has 1 N–H and O–H groups in total. The van der Waals surface area contributed by atoms with Crippen LogP contribution in [-0.4, -0.2) is 23.1 Å². The third kappa shape index (κ3) is 2.64. The Bertz CT molecular complexity index is 648. The highest BCUT2D eigenvalue weighted by molar-refractivity contribution is 5.96. The van der Waals surface area contributed by atoms with Crippen molar-refractivity contribution in [2.45, 2.75) is 20.8 Å². The van der Waals surface area contributed by atoms with Gasteiger partial charge in [-0.2, -0.15) is 0 Å². The smallest absolute Gasteiger partial charge is 0.339 e. The molecule has 0 fully saturated rings. The molecule has 20 heavy (non-hydrogen) atoms. The molecule has 1 aromatic carbocycles. The highest BCUT2D eigenvalue weighted by Gasteiger charge is 2.19. The first kappa shape index (κ1) is 14.1. The van der Waals surface area contributed by atoms with Crippen molar-refractivity contribution >= 4 is 17.5 Å². The van der Waals surface area contributed by atoms with Gasteiger partial charge in [-0.1, -0.05) is 17.7 Å². The SMILES string of the molecule is Cc1ccc(N(C)c2nc(C)cc(C)c2C(=O)O)cc1. The number of aromatic carboxylic acids is 1. The Kier molecular flexibility index (Phi) is 3.74. The molecule has 1 aromatic heterocycles. The molecule has 4 heteroatoms. The maximum absolute atomic E-state index is 11.5. The predicted molar refractivity (Wildman–Crippen MR) is 79.9 cm³/mol. The second-order valence-electron chi connectivity index (χ2n) is 4.98. The lowest BCUT2D eigenvalue weighted by molar-refractivity contribution is 0.0696. The summed E-state index contributed by atoms with van der Waals surface area (Å²) in [7, 11) is 1.83. The van der Waals surface area contributed by atoms with Crippen LogP contribution in [0.4, 0.5) is 11.5 Å². The van der Waals surface area contributed by atoms with E-state index in [1.54, 1.807) is 13.0 Å². The lowest BCUT2D eigenvalue weighted by atomic mass is 10.1. The molecule has 0 unspecified atom stereocenters. The van der Waals surface area contributed by atoms with Gasteiger partial charge in [0.15, 0.2) is 0 Å². The Hall–Kier alpha value is -2.36. The number of hydrogen-bond acceptors (Lipinski definition) is 3. The fourth-order valence-corrected chi connectivity index (χ4v) is 2.21. The number of carboxylic acids is 1. The Morgan fingerprint density at radius 3 is 2.30 bits per heavy atom. The van der Waals surface area contributed by atoms with Gasteiger partial charge < -0.3 is 10.0 Å². The van der Waals surface area contributed by atoms with Crippen molar-refractivity contribution in [2.75, 3.05) is 11.9 Å². The summed E-state index contributed by atoms with van der Waals surface area (Å²) in [5, 5.41) is 9.41. The Morgan fingerprint density at radius 2 is 1.75 bits per heavy atom. The molecule has 0 amide bonds. The second kappa shape index (κ2) is 5.33. The molecule has 4 nitrogen and oxygen atoms in total. The van der Waals surface area contributed by atoms with Gasteiger partial charge in [0.2, 0.25) is 0 Å². The van der Waals surface area contributed by atoms with Crippen molar-refractivity contribution in [3.63, 3.8) is 0 Å². The number of rotatable bonds is 3. The molecule has 0 atom stereocenters. The van der Waals surface area contributed by atoms with Gasteiger partial charge >= 0.3 is 5.97 Å². The van der Waals surface area contributed by atoms with Crippen LogP contribution in [0.15, 0.2) is 30.3 Å². The van der Waals surface area contributed by atoms with Crippen molar-refractivity contribution in [1.29, 1.82) is 0 Å². The number of carboxylic acid groups (broad SMARTS) is 1. The molecule has 2 aromatic rings. The fraction of sp³-hybridized carbons (Fsp3) is 0.250. The molecule has 0 aliphatic rings.